The number of ether oxygens (including phenoxy) is 1. The van der Waals surface area contributed by atoms with Crippen molar-refractivity contribution < 1.29 is 9.66 Å². The van der Waals surface area contributed by atoms with E-state index in [1.807, 2.05) is 0 Å². The monoisotopic (exact) mass is 184 g/mol. The summed E-state index contributed by atoms with van der Waals surface area (Å²) in [4.78, 5) is 13.5. The van der Waals surface area contributed by atoms with Crippen molar-refractivity contribution in [1.29, 1.82) is 5.41 Å². The number of nitro groups is 1. The molecule has 1 N–H and O–H groups in total. The molecule has 1 rings (SSSR count). The molecule has 1 aromatic rings. The van der Waals surface area contributed by atoms with Gasteiger partial charge in [0.15, 0.2) is 0 Å². The second kappa shape index (κ2) is 3.21. The quantitative estimate of drug-likeness (QED) is 0.309. The minimum atomic E-state index is -0.570. The summed E-state index contributed by atoms with van der Waals surface area (Å²) in [6.07, 6.45) is 1.09. The van der Waals surface area contributed by atoms with E-state index >= 15 is 0 Å². The van der Waals surface area contributed by atoms with E-state index in [-0.39, 0.29) is 17.5 Å². The highest BCUT2D eigenvalue weighted by molar-refractivity contribution is 5.88. The zero-order valence-corrected chi connectivity index (χ0v) is 7.14. The molecule has 0 atom stereocenters. The van der Waals surface area contributed by atoms with Crippen LogP contribution in [0, 0.1) is 15.5 Å². The van der Waals surface area contributed by atoms with Gasteiger partial charge in [-0.15, -0.1) is 0 Å². The van der Waals surface area contributed by atoms with Crippen LogP contribution in [0.5, 0.6) is 0 Å². The van der Waals surface area contributed by atoms with Gasteiger partial charge in [-0.2, -0.15) is 0 Å². The summed E-state index contributed by atoms with van der Waals surface area (Å²) in [6, 6.07) is 0. The molecule has 7 nitrogen and oxygen atoms in total. The van der Waals surface area contributed by atoms with Crippen LogP contribution in [0.4, 0.5) is 5.82 Å². The predicted molar refractivity (Wildman–Crippen MR) is 43.7 cm³/mol. The molecule has 0 unspecified atom stereocenters. The van der Waals surface area contributed by atoms with E-state index in [0.29, 0.717) is 0 Å². The van der Waals surface area contributed by atoms with E-state index in [1.165, 1.54) is 18.7 Å². The Morgan fingerprint density at radius 3 is 2.85 bits per heavy atom. The molecule has 0 aliphatic rings. The van der Waals surface area contributed by atoms with Crippen LogP contribution in [-0.4, -0.2) is 27.5 Å². The summed E-state index contributed by atoms with van der Waals surface area (Å²) < 4.78 is 5.77. The normalized spacial score (nSPS) is 9.69. The second-order valence-corrected chi connectivity index (χ2v) is 2.29. The summed E-state index contributed by atoms with van der Waals surface area (Å²) in [5, 5.41) is 17.6. The van der Waals surface area contributed by atoms with Crippen LogP contribution in [0.2, 0.25) is 0 Å². The molecule has 1 aromatic heterocycles. The number of aromatic nitrogens is 2. The van der Waals surface area contributed by atoms with Gasteiger partial charge in [0, 0.05) is 0 Å². The van der Waals surface area contributed by atoms with Gasteiger partial charge in [-0.3, -0.25) is 5.41 Å². The molecule has 7 heteroatoms. The van der Waals surface area contributed by atoms with E-state index in [2.05, 4.69) is 9.72 Å². The van der Waals surface area contributed by atoms with E-state index < -0.39 is 4.92 Å². The molecule has 0 fully saturated rings. The molecule has 70 valence electrons. The van der Waals surface area contributed by atoms with Crippen molar-refractivity contribution in [2.24, 2.45) is 7.05 Å². The third-order valence-electron chi connectivity index (χ3n) is 1.56. The smallest absolute Gasteiger partial charge is 0.343 e. The van der Waals surface area contributed by atoms with E-state index in [9.17, 15) is 10.1 Å². The lowest BCUT2D eigenvalue weighted by Crippen LogP contribution is -2.10. The standard InChI is InChI=1S/C6H8N4O3/c1-9-4(10(11)12)3-8-6(9)5(7)13-2/h3,7H,1-2H3. The Morgan fingerprint density at radius 1 is 1.85 bits per heavy atom. The maximum absolute atomic E-state index is 10.4. The average molecular weight is 184 g/mol. The van der Waals surface area contributed by atoms with Crippen molar-refractivity contribution in [3.8, 4) is 0 Å². The third kappa shape index (κ3) is 1.48. The fourth-order valence-electron chi connectivity index (χ4n) is 0.872. The van der Waals surface area contributed by atoms with Crippen molar-refractivity contribution in [2.45, 2.75) is 0 Å². The van der Waals surface area contributed by atoms with Gasteiger partial charge in [-0.05, 0) is 4.92 Å². The Bertz CT molecular complexity index is 357. The molecule has 0 aliphatic heterocycles. The zero-order valence-electron chi connectivity index (χ0n) is 7.14. The van der Waals surface area contributed by atoms with Crippen molar-refractivity contribution in [3.63, 3.8) is 0 Å². The molecular weight excluding hydrogens is 176 g/mol. The minimum absolute atomic E-state index is 0.134. The number of nitrogens with one attached hydrogen (secondary N) is 1. The lowest BCUT2D eigenvalue weighted by Gasteiger charge is -1.98. The SMILES string of the molecule is COC(=N)c1ncc([N+](=O)[O-])n1C. The molecule has 0 radical (unpaired) electrons. The van der Waals surface area contributed by atoms with Gasteiger partial charge in [0.1, 0.15) is 6.20 Å². The Labute approximate surface area is 73.6 Å². The fraction of sp³-hybridized carbons (Fsp3) is 0.333. The maximum Gasteiger partial charge on any atom is 0.343 e. The van der Waals surface area contributed by atoms with Crippen LogP contribution >= 0.6 is 0 Å². The molecule has 0 aromatic carbocycles. The third-order valence-corrected chi connectivity index (χ3v) is 1.56. The fourth-order valence-corrected chi connectivity index (χ4v) is 0.872. The Morgan fingerprint density at radius 2 is 2.46 bits per heavy atom. The van der Waals surface area contributed by atoms with Crippen LogP contribution in [0.25, 0.3) is 0 Å². The summed E-state index contributed by atoms with van der Waals surface area (Å²) in [5.74, 6) is -0.235. The van der Waals surface area contributed by atoms with E-state index in [0.717, 1.165) is 6.20 Å². The number of hydrogen-bond donors (Lipinski definition) is 1. The molecule has 0 saturated carbocycles. The van der Waals surface area contributed by atoms with Gasteiger partial charge in [0.05, 0.1) is 14.2 Å². The first-order valence-corrected chi connectivity index (χ1v) is 3.37. The lowest BCUT2D eigenvalue weighted by atomic mass is 10.6. The summed E-state index contributed by atoms with van der Waals surface area (Å²) in [5.41, 5.74) is 0. The number of rotatable bonds is 2. The highest BCUT2D eigenvalue weighted by Crippen LogP contribution is 2.11. The number of imidazole rings is 1. The zero-order chi connectivity index (χ0) is 10.0. The van der Waals surface area contributed by atoms with Crippen LogP contribution in [0.3, 0.4) is 0 Å². The van der Waals surface area contributed by atoms with Gasteiger partial charge in [0.25, 0.3) is 11.7 Å². The Kier molecular flexibility index (Phi) is 2.27. The summed E-state index contributed by atoms with van der Waals surface area (Å²) in [6.45, 7) is 0. The Hall–Kier alpha value is -1.92. The number of hydrogen-bond acceptors (Lipinski definition) is 5. The summed E-state index contributed by atoms with van der Waals surface area (Å²) in [7, 11) is 2.76. The molecule has 0 amide bonds. The maximum atomic E-state index is 10.4. The number of methoxy groups -OCH3 is 1. The molecule has 0 bridgehead atoms. The van der Waals surface area contributed by atoms with Crippen LogP contribution in [0.1, 0.15) is 5.82 Å². The van der Waals surface area contributed by atoms with Crippen molar-refractivity contribution in [3.05, 3.63) is 22.1 Å². The molecule has 0 saturated heterocycles. The van der Waals surface area contributed by atoms with Crippen molar-refractivity contribution in [1.82, 2.24) is 9.55 Å². The molecule has 1 heterocycles. The number of nitrogens with zero attached hydrogens (tertiary/aromatic N) is 3. The van der Waals surface area contributed by atoms with E-state index in [1.54, 1.807) is 0 Å². The first-order chi connectivity index (χ1) is 6.07. The van der Waals surface area contributed by atoms with E-state index in [4.69, 9.17) is 5.41 Å². The van der Waals surface area contributed by atoms with Crippen LogP contribution in [-0.2, 0) is 11.8 Å². The largest absolute Gasteiger partial charge is 0.477 e. The first-order valence-electron chi connectivity index (χ1n) is 3.37. The van der Waals surface area contributed by atoms with Crippen LogP contribution < -0.4 is 0 Å². The molecular formula is C6H8N4O3. The van der Waals surface area contributed by atoms with Gasteiger partial charge < -0.3 is 14.9 Å². The van der Waals surface area contributed by atoms with Gasteiger partial charge in [-0.1, -0.05) is 0 Å². The van der Waals surface area contributed by atoms with Crippen molar-refractivity contribution >= 4 is 11.7 Å². The average Bonchev–Trinajstić information content (AvgIpc) is 2.46. The topological polar surface area (TPSA) is 94.0 Å². The van der Waals surface area contributed by atoms with Gasteiger partial charge in [0.2, 0.25) is 0 Å². The molecule has 0 spiro atoms. The van der Waals surface area contributed by atoms with Crippen LogP contribution in [0.15, 0.2) is 6.20 Å². The summed E-state index contributed by atoms with van der Waals surface area (Å²) >= 11 is 0. The minimum Gasteiger partial charge on any atom is -0.477 e. The Balaban J connectivity index is 3.13. The molecule has 0 aliphatic carbocycles. The molecule has 13 heavy (non-hydrogen) atoms. The van der Waals surface area contributed by atoms with Gasteiger partial charge in [-0.25, -0.2) is 9.55 Å². The second-order valence-electron chi connectivity index (χ2n) is 2.29. The highest BCUT2D eigenvalue weighted by atomic mass is 16.6. The lowest BCUT2D eigenvalue weighted by molar-refractivity contribution is -0.391. The van der Waals surface area contributed by atoms with Gasteiger partial charge >= 0.3 is 5.82 Å². The first kappa shape index (κ1) is 9.17. The predicted octanol–water partition coefficient (Wildman–Crippen LogP) is 0.300. The van der Waals surface area contributed by atoms with Crippen molar-refractivity contribution in [2.75, 3.05) is 7.11 Å². The highest BCUT2D eigenvalue weighted by Gasteiger charge is 2.20.